The molecule has 1 aromatic heterocycles. The summed E-state index contributed by atoms with van der Waals surface area (Å²) in [7, 11) is 0. The Hall–Kier alpha value is -3.24. The summed E-state index contributed by atoms with van der Waals surface area (Å²) in [5, 5.41) is 6.65. The summed E-state index contributed by atoms with van der Waals surface area (Å²) < 4.78 is 31.4. The number of hydrogen-bond donors (Lipinski definition) is 2. The van der Waals surface area contributed by atoms with Crippen molar-refractivity contribution < 1.29 is 18.4 Å². The molecule has 3 N–H and O–H groups in total. The lowest BCUT2D eigenvalue weighted by molar-refractivity contribution is 0.0582. The van der Waals surface area contributed by atoms with Gasteiger partial charge in [0, 0.05) is 35.9 Å². The second-order valence-corrected chi connectivity index (χ2v) is 9.20. The summed E-state index contributed by atoms with van der Waals surface area (Å²) >= 11 is 1.02. The molecule has 4 rings (SSSR count). The SMILES string of the molecule is Cc1nnsc1C(=O)Nc1ccc(CN(C(=O)c2cc(F)cc(F)c2)C2CCCCC2N)cc1. The molecule has 2 atom stereocenters. The largest absolute Gasteiger partial charge is 0.330 e. The van der Waals surface area contributed by atoms with Crippen molar-refractivity contribution in [2.45, 2.75) is 51.2 Å². The number of nitrogens with one attached hydrogen (secondary N) is 1. The fourth-order valence-corrected chi connectivity index (χ4v) is 4.78. The monoisotopic (exact) mass is 485 g/mol. The standard InChI is InChI=1S/C24H25F2N5O2S/c1-14-22(34-30-29-14)23(32)28-19-8-6-15(7-9-19)13-31(21-5-3-2-4-20(21)27)24(33)16-10-17(25)12-18(26)11-16/h6-12,20-21H,2-5,13,27H2,1H3,(H,28,32). The molecule has 2 aromatic carbocycles. The third-order valence-electron chi connectivity index (χ3n) is 5.97. The molecular formula is C24H25F2N5O2S. The van der Waals surface area contributed by atoms with Crippen LogP contribution in [0.4, 0.5) is 14.5 Å². The zero-order valence-corrected chi connectivity index (χ0v) is 19.4. The van der Waals surface area contributed by atoms with E-state index in [2.05, 4.69) is 14.9 Å². The highest BCUT2D eigenvalue weighted by Gasteiger charge is 2.32. The van der Waals surface area contributed by atoms with Gasteiger partial charge in [-0.1, -0.05) is 29.5 Å². The van der Waals surface area contributed by atoms with Crippen molar-refractivity contribution in [2.75, 3.05) is 5.32 Å². The first-order valence-corrected chi connectivity index (χ1v) is 11.8. The summed E-state index contributed by atoms with van der Waals surface area (Å²) in [5.41, 5.74) is 8.25. The Morgan fingerprint density at radius 3 is 2.41 bits per heavy atom. The lowest BCUT2D eigenvalue weighted by Gasteiger charge is -2.38. The normalized spacial score (nSPS) is 17.9. The van der Waals surface area contributed by atoms with E-state index in [0.29, 0.717) is 16.3 Å². The second-order valence-electron chi connectivity index (χ2n) is 8.45. The Morgan fingerprint density at radius 1 is 1.12 bits per heavy atom. The predicted molar refractivity (Wildman–Crippen MR) is 126 cm³/mol. The molecule has 1 heterocycles. The van der Waals surface area contributed by atoms with Crippen molar-refractivity contribution in [1.29, 1.82) is 0 Å². The van der Waals surface area contributed by atoms with Gasteiger partial charge >= 0.3 is 0 Å². The van der Waals surface area contributed by atoms with Gasteiger partial charge < -0.3 is 16.0 Å². The molecule has 0 aliphatic heterocycles. The highest BCUT2D eigenvalue weighted by atomic mass is 32.1. The van der Waals surface area contributed by atoms with Crippen molar-refractivity contribution >= 4 is 29.0 Å². The summed E-state index contributed by atoms with van der Waals surface area (Å²) in [6.07, 6.45) is 3.41. The minimum absolute atomic E-state index is 0.0484. The predicted octanol–water partition coefficient (Wildman–Crippen LogP) is 4.29. The van der Waals surface area contributed by atoms with E-state index in [9.17, 15) is 18.4 Å². The maximum atomic E-state index is 13.8. The van der Waals surface area contributed by atoms with E-state index in [1.54, 1.807) is 36.1 Å². The summed E-state index contributed by atoms with van der Waals surface area (Å²) in [4.78, 5) is 27.8. The molecule has 2 unspecified atom stereocenters. The van der Waals surface area contributed by atoms with Gasteiger partial charge in [0.2, 0.25) is 0 Å². The van der Waals surface area contributed by atoms with Crippen molar-refractivity contribution in [2.24, 2.45) is 5.73 Å². The van der Waals surface area contributed by atoms with Gasteiger partial charge in [0.1, 0.15) is 16.5 Å². The first kappa shape index (κ1) is 23.9. The first-order valence-electron chi connectivity index (χ1n) is 11.0. The quantitative estimate of drug-likeness (QED) is 0.543. The number of nitrogens with zero attached hydrogens (tertiary/aromatic N) is 3. The number of benzene rings is 2. The van der Waals surface area contributed by atoms with Crippen LogP contribution >= 0.6 is 11.5 Å². The maximum absolute atomic E-state index is 13.8. The smallest absolute Gasteiger partial charge is 0.269 e. The van der Waals surface area contributed by atoms with Crippen LogP contribution < -0.4 is 11.1 Å². The number of halogens is 2. The van der Waals surface area contributed by atoms with E-state index >= 15 is 0 Å². The number of nitrogens with two attached hydrogens (primary N) is 1. The van der Waals surface area contributed by atoms with Crippen molar-refractivity contribution in [3.05, 3.63) is 75.8 Å². The molecule has 7 nitrogen and oxygen atoms in total. The summed E-state index contributed by atoms with van der Waals surface area (Å²) in [6.45, 7) is 1.94. The van der Waals surface area contributed by atoms with Gasteiger partial charge in [0.15, 0.2) is 0 Å². The van der Waals surface area contributed by atoms with Crippen molar-refractivity contribution in [1.82, 2.24) is 14.5 Å². The highest BCUT2D eigenvalue weighted by molar-refractivity contribution is 7.08. The summed E-state index contributed by atoms with van der Waals surface area (Å²) in [5.74, 6) is -2.37. The van der Waals surface area contributed by atoms with E-state index in [4.69, 9.17) is 5.73 Å². The average Bonchev–Trinajstić information content (AvgIpc) is 3.24. The summed E-state index contributed by atoms with van der Waals surface area (Å²) in [6, 6.07) is 9.44. The van der Waals surface area contributed by atoms with Crippen LogP contribution in [0, 0.1) is 18.6 Å². The van der Waals surface area contributed by atoms with Crippen LogP contribution in [0.2, 0.25) is 0 Å². The second kappa shape index (κ2) is 10.4. The van der Waals surface area contributed by atoms with E-state index in [1.807, 2.05) is 0 Å². The van der Waals surface area contributed by atoms with Gasteiger partial charge in [-0.15, -0.1) is 5.10 Å². The van der Waals surface area contributed by atoms with Crippen LogP contribution in [0.1, 0.15) is 57.0 Å². The van der Waals surface area contributed by atoms with Crippen LogP contribution in [-0.4, -0.2) is 38.4 Å². The number of anilines is 1. The number of carbonyl (C=O) groups excluding carboxylic acids is 2. The Morgan fingerprint density at radius 2 is 1.79 bits per heavy atom. The van der Waals surface area contributed by atoms with E-state index < -0.39 is 17.5 Å². The topological polar surface area (TPSA) is 101 Å². The van der Waals surface area contributed by atoms with Gasteiger partial charge in [-0.05, 0) is 61.1 Å². The van der Waals surface area contributed by atoms with Crippen LogP contribution in [0.3, 0.4) is 0 Å². The molecule has 1 fully saturated rings. The number of rotatable bonds is 6. The van der Waals surface area contributed by atoms with Crippen molar-refractivity contribution in [3.8, 4) is 0 Å². The molecule has 0 bridgehead atoms. The molecule has 3 aromatic rings. The Balaban J connectivity index is 1.54. The highest BCUT2D eigenvalue weighted by Crippen LogP contribution is 2.26. The van der Waals surface area contributed by atoms with Gasteiger partial charge in [0.25, 0.3) is 11.8 Å². The lowest BCUT2D eigenvalue weighted by Crippen LogP contribution is -2.51. The van der Waals surface area contributed by atoms with Gasteiger partial charge in [-0.2, -0.15) is 0 Å². The molecule has 1 saturated carbocycles. The molecule has 1 aliphatic rings. The average molecular weight is 486 g/mol. The third kappa shape index (κ3) is 5.45. The molecule has 2 amide bonds. The molecular weight excluding hydrogens is 460 g/mol. The maximum Gasteiger partial charge on any atom is 0.269 e. The number of amides is 2. The van der Waals surface area contributed by atoms with E-state index in [1.165, 1.54) is 0 Å². The van der Waals surface area contributed by atoms with Crippen LogP contribution in [-0.2, 0) is 6.54 Å². The molecule has 1 aliphatic carbocycles. The minimum atomic E-state index is -0.803. The number of hydrogen-bond acceptors (Lipinski definition) is 6. The number of aryl methyl sites for hydroxylation is 1. The lowest BCUT2D eigenvalue weighted by atomic mass is 9.89. The number of carbonyl (C=O) groups is 2. The number of aromatic nitrogens is 2. The van der Waals surface area contributed by atoms with Crippen LogP contribution in [0.25, 0.3) is 0 Å². The molecule has 34 heavy (non-hydrogen) atoms. The Kier molecular flexibility index (Phi) is 7.28. The fourth-order valence-electron chi connectivity index (χ4n) is 4.23. The Bertz CT molecular complexity index is 1160. The molecule has 0 saturated heterocycles. The molecule has 10 heteroatoms. The van der Waals surface area contributed by atoms with Gasteiger partial charge in [-0.25, -0.2) is 8.78 Å². The van der Waals surface area contributed by atoms with Gasteiger partial charge in [-0.3, -0.25) is 9.59 Å². The van der Waals surface area contributed by atoms with Gasteiger partial charge in [0.05, 0.1) is 5.69 Å². The first-order chi connectivity index (χ1) is 16.3. The zero-order chi connectivity index (χ0) is 24.2. The minimum Gasteiger partial charge on any atom is -0.330 e. The van der Waals surface area contributed by atoms with Crippen LogP contribution in [0.5, 0.6) is 0 Å². The van der Waals surface area contributed by atoms with Crippen LogP contribution in [0.15, 0.2) is 42.5 Å². The zero-order valence-electron chi connectivity index (χ0n) is 18.6. The molecule has 178 valence electrons. The van der Waals surface area contributed by atoms with Crippen molar-refractivity contribution in [3.63, 3.8) is 0 Å². The fraction of sp³-hybridized carbons (Fsp3) is 0.333. The Labute approximate surface area is 200 Å². The third-order valence-corrected chi connectivity index (χ3v) is 6.80. The molecule has 0 radical (unpaired) electrons. The molecule has 0 spiro atoms. The van der Waals surface area contributed by atoms with E-state index in [-0.39, 0.29) is 30.1 Å². The van der Waals surface area contributed by atoms with E-state index in [0.717, 1.165) is 61.0 Å².